The first kappa shape index (κ1) is 16.4. The van der Waals surface area contributed by atoms with E-state index in [1.807, 2.05) is 6.20 Å². The standard InChI is InChI=1S/C18H28N4O/c1-18(2,3)16-9-14-17(22(16)4)21-15(10-19-14)13-8-6-5-7-12(11-23)20-13/h9-10,12-13,20,23H,5-8,11H2,1-4H3. The van der Waals surface area contributed by atoms with Crippen LogP contribution in [0.15, 0.2) is 12.3 Å². The lowest BCUT2D eigenvalue weighted by Crippen LogP contribution is -2.34. The summed E-state index contributed by atoms with van der Waals surface area (Å²) in [5, 5.41) is 13.0. The highest BCUT2D eigenvalue weighted by Gasteiger charge is 2.24. The first-order chi connectivity index (χ1) is 10.9. The zero-order valence-electron chi connectivity index (χ0n) is 14.6. The average Bonchev–Trinajstić information content (AvgIpc) is 2.71. The Balaban J connectivity index is 1.97. The van der Waals surface area contributed by atoms with Gasteiger partial charge in [0.2, 0.25) is 0 Å². The Hall–Kier alpha value is -1.46. The maximum Gasteiger partial charge on any atom is 0.158 e. The molecule has 2 aromatic heterocycles. The zero-order chi connectivity index (χ0) is 16.6. The molecule has 1 fully saturated rings. The number of aryl methyl sites for hydroxylation is 1. The SMILES string of the molecule is Cn1c(C(C)(C)C)cc2ncc(C3CCCCC(CO)N3)nc21. The second-order valence-electron chi connectivity index (χ2n) is 7.73. The van der Waals surface area contributed by atoms with Crippen LogP contribution in [0.5, 0.6) is 0 Å². The number of aromatic nitrogens is 3. The summed E-state index contributed by atoms with van der Waals surface area (Å²) in [5.41, 5.74) is 4.19. The molecule has 0 spiro atoms. The first-order valence-electron chi connectivity index (χ1n) is 8.60. The number of rotatable bonds is 2. The molecule has 2 atom stereocenters. The summed E-state index contributed by atoms with van der Waals surface area (Å²) < 4.78 is 2.16. The van der Waals surface area contributed by atoms with Crippen molar-refractivity contribution >= 4 is 11.2 Å². The van der Waals surface area contributed by atoms with Gasteiger partial charge in [-0.05, 0) is 18.9 Å². The van der Waals surface area contributed by atoms with E-state index in [2.05, 4.69) is 48.8 Å². The predicted molar refractivity (Wildman–Crippen MR) is 92.4 cm³/mol. The Morgan fingerprint density at radius 2 is 2.04 bits per heavy atom. The molecule has 0 amide bonds. The molecule has 1 aliphatic heterocycles. The third-order valence-electron chi connectivity index (χ3n) is 4.83. The van der Waals surface area contributed by atoms with Crippen molar-refractivity contribution in [2.24, 2.45) is 7.05 Å². The maximum absolute atomic E-state index is 9.49. The summed E-state index contributed by atoms with van der Waals surface area (Å²) in [5.74, 6) is 0. The highest BCUT2D eigenvalue weighted by molar-refractivity contribution is 5.73. The van der Waals surface area contributed by atoms with E-state index in [0.717, 1.165) is 42.5 Å². The quantitative estimate of drug-likeness (QED) is 0.894. The minimum Gasteiger partial charge on any atom is -0.395 e. The van der Waals surface area contributed by atoms with Crippen LogP contribution in [-0.2, 0) is 12.5 Å². The Morgan fingerprint density at radius 1 is 1.30 bits per heavy atom. The summed E-state index contributed by atoms with van der Waals surface area (Å²) in [6.07, 6.45) is 6.29. The van der Waals surface area contributed by atoms with Crippen LogP contribution in [0.4, 0.5) is 0 Å². The van der Waals surface area contributed by atoms with Crippen LogP contribution in [0.25, 0.3) is 11.2 Å². The molecule has 126 valence electrons. The number of nitrogens with one attached hydrogen (secondary N) is 1. The average molecular weight is 316 g/mol. The molecule has 3 rings (SSSR count). The lowest BCUT2D eigenvalue weighted by Gasteiger charge is -2.21. The van der Waals surface area contributed by atoms with Gasteiger partial charge in [0.15, 0.2) is 5.65 Å². The number of hydrogen-bond acceptors (Lipinski definition) is 4. The Labute approximate surface area is 138 Å². The van der Waals surface area contributed by atoms with Crippen LogP contribution >= 0.6 is 0 Å². The molecule has 2 aromatic rings. The van der Waals surface area contributed by atoms with Gasteiger partial charge in [-0.1, -0.05) is 33.6 Å². The van der Waals surface area contributed by atoms with E-state index in [1.54, 1.807) is 0 Å². The van der Waals surface area contributed by atoms with Gasteiger partial charge in [-0.25, -0.2) is 4.98 Å². The third-order valence-corrected chi connectivity index (χ3v) is 4.83. The van der Waals surface area contributed by atoms with Crippen molar-refractivity contribution < 1.29 is 5.11 Å². The first-order valence-corrected chi connectivity index (χ1v) is 8.60. The van der Waals surface area contributed by atoms with Crippen molar-refractivity contribution in [2.45, 2.75) is 64.0 Å². The zero-order valence-corrected chi connectivity index (χ0v) is 14.6. The lowest BCUT2D eigenvalue weighted by molar-refractivity contribution is 0.229. The molecule has 23 heavy (non-hydrogen) atoms. The molecule has 1 aliphatic rings. The van der Waals surface area contributed by atoms with Crippen molar-refractivity contribution in [1.82, 2.24) is 19.9 Å². The fourth-order valence-corrected chi connectivity index (χ4v) is 3.55. The van der Waals surface area contributed by atoms with Crippen LogP contribution in [0.2, 0.25) is 0 Å². The number of aliphatic hydroxyl groups is 1. The molecule has 2 N–H and O–H groups in total. The molecule has 0 aromatic carbocycles. The maximum atomic E-state index is 9.49. The van der Waals surface area contributed by atoms with E-state index < -0.39 is 0 Å². The molecular weight excluding hydrogens is 288 g/mol. The second kappa shape index (κ2) is 6.21. The van der Waals surface area contributed by atoms with Crippen LogP contribution < -0.4 is 5.32 Å². The molecule has 5 heteroatoms. The monoisotopic (exact) mass is 316 g/mol. The molecule has 0 bridgehead atoms. The van der Waals surface area contributed by atoms with E-state index in [9.17, 15) is 5.11 Å². The fraction of sp³-hybridized carbons (Fsp3) is 0.667. The number of aliphatic hydroxyl groups excluding tert-OH is 1. The highest BCUT2D eigenvalue weighted by atomic mass is 16.3. The predicted octanol–water partition coefficient (Wildman–Crippen LogP) is 2.83. The lowest BCUT2D eigenvalue weighted by atomic mass is 9.92. The van der Waals surface area contributed by atoms with E-state index in [-0.39, 0.29) is 24.1 Å². The van der Waals surface area contributed by atoms with Crippen LogP contribution in [0.1, 0.15) is 63.9 Å². The summed E-state index contributed by atoms with van der Waals surface area (Å²) in [7, 11) is 2.07. The molecular formula is C18H28N4O. The van der Waals surface area contributed by atoms with Crippen molar-refractivity contribution in [3.63, 3.8) is 0 Å². The molecule has 3 heterocycles. The smallest absolute Gasteiger partial charge is 0.158 e. The summed E-state index contributed by atoms with van der Waals surface area (Å²) in [6.45, 7) is 6.81. The van der Waals surface area contributed by atoms with Crippen molar-refractivity contribution in [3.8, 4) is 0 Å². The minimum atomic E-state index is 0.0693. The van der Waals surface area contributed by atoms with Crippen LogP contribution in [0.3, 0.4) is 0 Å². The van der Waals surface area contributed by atoms with Gasteiger partial charge in [0.05, 0.1) is 24.5 Å². The number of fused-ring (bicyclic) bond motifs is 1. The highest BCUT2D eigenvalue weighted by Crippen LogP contribution is 2.29. The van der Waals surface area contributed by atoms with Crippen molar-refractivity contribution in [3.05, 3.63) is 23.7 Å². The topological polar surface area (TPSA) is 63.0 Å². The summed E-state index contributed by atoms with van der Waals surface area (Å²) in [4.78, 5) is 9.55. The van der Waals surface area contributed by atoms with E-state index in [0.29, 0.717) is 0 Å². The molecule has 0 saturated carbocycles. The third kappa shape index (κ3) is 3.26. The summed E-state index contributed by atoms with van der Waals surface area (Å²) in [6, 6.07) is 2.49. The van der Waals surface area contributed by atoms with Crippen LogP contribution in [0, 0.1) is 0 Å². The van der Waals surface area contributed by atoms with Gasteiger partial charge >= 0.3 is 0 Å². The van der Waals surface area contributed by atoms with E-state index in [1.165, 1.54) is 5.69 Å². The largest absolute Gasteiger partial charge is 0.395 e. The molecule has 5 nitrogen and oxygen atoms in total. The minimum absolute atomic E-state index is 0.0693. The number of hydrogen-bond donors (Lipinski definition) is 2. The molecule has 2 unspecified atom stereocenters. The Bertz CT molecular complexity index is 686. The van der Waals surface area contributed by atoms with Crippen LogP contribution in [-0.4, -0.2) is 32.3 Å². The van der Waals surface area contributed by atoms with Gasteiger partial charge in [0.1, 0.15) is 5.52 Å². The van der Waals surface area contributed by atoms with Crippen molar-refractivity contribution in [1.29, 1.82) is 0 Å². The Morgan fingerprint density at radius 3 is 2.74 bits per heavy atom. The van der Waals surface area contributed by atoms with Gasteiger partial charge in [-0.2, -0.15) is 0 Å². The van der Waals surface area contributed by atoms with Gasteiger partial charge in [-0.3, -0.25) is 4.98 Å². The fourth-order valence-electron chi connectivity index (χ4n) is 3.55. The second-order valence-corrected chi connectivity index (χ2v) is 7.73. The van der Waals surface area contributed by atoms with Crippen molar-refractivity contribution in [2.75, 3.05) is 6.61 Å². The normalized spacial score (nSPS) is 23.2. The van der Waals surface area contributed by atoms with E-state index >= 15 is 0 Å². The Kier molecular flexibility index (Phi) is 4.43. The van der Waals surface area contributed by atoms with E-state index in [4.69, 9.17) is 4.98 Å². The van der Waals surface area contributed by atoms with Gasteiger partial charge in [0.25, 0.3) is 0 Å². The molecule has 0 radical (unpaired) electrons. The van der Waals surface area contributed by atoms with Gasteiger partial charge < -0.3 is 15.0 Å². The van der Waals surface area contributed by atoms with Gasteiger partial charge in [-0.15, -0.1) is 0 Å². The molecule has 1 saturated heterocycles. The summed E-state index contributed by atoms with van der Waals surface area (Å²) >= 11 is 0. The van der Waals surface area contributed by atoms with Gasteiger partial charge in [0, 0.05) is 24.2 Å². The molecule has 0 aliphatic carbocycles. The number of nitrogens with zero attached hydrogens (tertiary/aromatic N) is 3.